The number of aliphatic hydroxyl groups is 3. The fourth-order valence-corrected chi connectivity index (χ4v) is 2.44. The van der Waals surface area contributed by atoms with Crippen LogP contribution in [-0.4, -0.2) is 56.2 Å². The van der Waals surface area contributed by atoms with Gasteiger partial charge in [-0.15, -0.1) is 0 Å². The molecule has 0 saturated carbocycles. The summed E-state index contributed by atoms with van der Waals surface area (Å²) >= 11 is 0. The van der Waals surface area contributed by atoms with Crippen LogP contribution in [0.3, 0.4) is 0 Å². The van der Waals surface area contributed by atoms with E-state index in [1.807, 2.05) is 0 Å². The summed E-state index contributed by atoms with van der Waals surface area (Å²) in [5, 5.41) is 32.0. The maximum Gasteiger partial charge on any atom is 0.150 e. The molecule has 2 heterocycles. The van der Waals surface area contributed by atoms with Crippen molar-refractivity contribution in [1.29, 1.82) is 0 Å². The van der Waals surface area contributed by atoms with Crippen LogP contribution < -0.4 is 11.1 Å². The van der Waals surface area contributed by atoms with E-state index in [0.29, 0.717) is 29.6 Å². The van der Waals surface area contributed by atoms with Crippen molar-refractivity contribution in [2.45, 2.75) is 18.2 Å². The highest BCUT2D eigenvalue weighted by Crippen LogP contribution is 2.33. The van der Waals surface area contributed by atoms with E-state index in [2.05, 4.69) is 15.3 Å². The Hall–Kier alpha value is -1.90. The lowest BCUT2D eigenvalue weighted by Gasteiger charge is -2.22. The van der Waals surface area contributed by atoms with E-state index in [1.165, 1.54) is 6.33 Å². The van der Waals surface area contributed by atoms with Crippen molar-refractivity contribution in [3.05, 3.63) is 23.7 Å². The van der Waals surface area contributed by atoms with Gasteiger partial charge in [-0.25, -0.2) is 9.98 Å². The molecule has 6 N–H and O–H groups in total. The fourth-order valence-electron chi connectivity index (χ4n) is 2.44. The first-order valence-electron chi connectivity index (χ1n) is 5.92. The topological polar surface area (TPSA) is 129 Å². The van der Waals surface area contributed by atoms with Crippen LogP contribution >= 0.6 is 0 Å². The Morgan fingerprint density at radius 3 is 2.95 bits per heavy atom. The number of nitrogens with zero attached hydrogens (tertiary/aromatic N) is 3. The predicted octanol–water partition coefficient (Wildman–Crippen LogP) is -1.83. The molecule has 8 nitrogen and oxygen atoms in total. The van der Waals surface area contributed by atoms with Crippen molar-refractivity contribution in [3.8, 4) is 0 Å². The monoisotopic (exact) mass is 265 g/mol. The number of hydrogen-bond donors (Lipinski definition) is 5. The molecule has 1 aromatic heterocycles. The average molecular weight is 265 g/mol. The number of rotatable bonds is 2. The smallest absolute Gasteiger partial charge is 0.150 e. The fraction of sp³-hybridized carbons (Fsp3) is 0.455. The van der Waals surface area contributed by atoms with Gasteiger partial charge in [-0.2, -0.15) is 0 Å². The van der Waals surface area contributed by atoms with Crippen molar-refractivity contribution in [2.75, 3.05) is 18.6 Å². The second-order valence-corrected chi connectivity index (χ2v) is 4.55. The van der Waals surface area contributed by atoms with Crippen LogP contribution in [0, 0.1) is 0 Å². The van der Waals surface area contributed by atoms with E-state index in [9.17, 15) is 10.2 Å². The number of nitrogens with two attached hydrogens (primary N) is 1. The molecule has 1 unspecified atom stereocenters. The van der Waals surface area contributed by atoms with Crippen LogP contribution in [0.5, 0.6) is 0 Å². The van der Waals surface area contributed by atoms with Crippen molar-refractivity contribution in [3.63, 3.8) is 0 Å². The molecule has 2 aliphatic rings. The van der Waals surface area contributed by atoms with Gasteiger partial charge in [0.1, 0.15) is 36.2 Å². The second-order valence-electron chi connectivity index (χ2n) is 4.55. The second kappa shape index (κ2) is 4.34. The molecule has 0 saturated heterocycles. The summed E-state index contributed by atoms with van der Waals surface area (Å²) in [7, 11) is 0. The minimum absolute atomic E-state index is 0.289. The Morgan fingerprint density at radius 2 is 2.26 bits per heavy atom. The van der Waals surface area contributed by atoms with Gasteiger partial charge in [0.05, 0.1) is 19.0 Å². The summed E-state index contributed by atoms with van der Waals surface area (Å²) in [6.07, 6.45) is 1.08. The zero-order valence-electron chi connectivity index (χ0n) is 10.1. The van der Waals surface area contributed by atoms with E-state index in [0.717, 1.165) is 0 Å². The van der Waals surface area contributed by atoms with Gasteiger partial charge in [-0.1, -0.05) is 6.08 Å². The molecule has 1 aromatic rings. The zero-order chi connectivity index (χ0) is 13.6. The maximum absolute atomic E-state index is 10.0. The molecule has 3 atom stereocenters. The summed E-state index contributed by atoms with van der Waals surface area (Å²) in [6, 6.07) is -0.494. The van der Waals surface area contributed by atoms with Crippen molar-refractivity contribution in [2.24, 2.45) is 10.7 Å². The first kappa shape index (κ1) is 12.2. The van der Waals surface area contributed by atoms with Crippen molar-refractivity contribution >= 4 is 11.7 Å². The number of aliphatic imine (C=N–C) groups is 1. The molecule has 0 amide bonds. The van der Waals surface area contributed by atoms with E-state index >= 15 is 0 Å². The molecule has 3 rings (SSSR count). The van der Waals surface area contributed by atoms with Crippen molar-refractivity contribution < 1.29 is 15.3 Å². The predicted molar refractivity (Wildman–Crippen MR) is 67.7 cm³/mol. The first-order chi connectivity index (χ1) is 9.13. The highest BCUT2D eigenvalue weighted by atomic mass is 16.3. The summed E-state index contributed by atoms with van der Waals surface area (Å²) in [4.78, 5) is 8.17. The molecular weight excluding hydrogens is 250 g/mol. The van der Waals surface area contributed by atoms with Crippen LogP contribution in [0.1, 0.15) is 11.7 Å². The van der Waals surface area contributed by atoms with E-state index in [1.54, 1.807) is 10.6 Å². The SMILES string of the molecule is NC1=NCNc2c1ncn2[C@@H]1C=C(CO)[C@H](O)C1O. The minimum Gasteiger partial charge on any atom is -0.392 e. The molecule has 102 valence electrons. The standard InChI is InChI=1S/C11H15N5O3/c12-10-7-11(14-3-13-10)16(4-15-7)6-1-5(2-17)8(18)9(6)19/h1,4,6,8-9,14,17-19H,2-3H2,(H2,12,13)/t6-,8+,9?/m1/s1. The highest BCUT2D eigenvalue weighted by Gasteiger charge is 2.37. The molecule has 0 fully saturated rings. The van der Waals surface area contributed by atoms with Crippen LogP contribution in [0.25, 0.3) is 0 Å². The largest absolute Gasteiger partial charge is 0.392 e. The Labute approximate surface area is 108 Å². The Bertz CT molecular complexity index is 565. The number of fused-ring (bicyclic) bond motifs is 1. The Balaban J connectivity index is 2.01. The zero-order valence-corrected chi connectivity index (χ0v) is 10.1. The molecule has 0 aromatic carbocycles. The van der Waals surface area contributed by atoms with Crippen LogP contribution in [0.4, 0.5) is 5.82 Å². The summed E-state index contributed by atoms with van der Waals surface area (Å²) in [5.41, 5.74) is 6.67. The number of imidazole rings is 1. The highest BCUT2D eigenvalue weighted by molar-refractivity contribution is 6.01. The number of aromatic nitrogens is 2. The van der Waals surface area contributed by atoms with Gasteiger partial charge in [0.2, 0.25) is 0 Å². The number of hydrogen-bond acceptors (Lipinski definition) is 7. The number of aliphatic hydroxyl groups excluding tert-OH is 3. The Kier molecular flexibility index (Phi) is 2.77. The lowest BCUT2D eigenvalue weighted by atomic mass is 10.1. The van der Waals surface area contributed by atoms with Gasteiger partial charge in [0, 0.05) is 0 Å². The van der Waals surface area contributed by atoms with Gasteiger partial charge in [-0.05, 0) is 5.57 Å². The number of anilines is 1. The third-order valence-corrected chi connectivity index (χ3v) is 3.47. The molecule has 19 heavy (non-hydrogen) atoms. The quantitative estimate of drug-likeness (QED) is 0.400. The average Bonchev–Trinajstić information content (AvgIpc) is 2.94. The lowest BCUT2D eigenvalue weighted by molar-refractivity contribution is 0.0284. The van der Waals surface area contributed by atoms with Gasteiger partial charge < -0.3 is 30.9 Å². The van der Waals surface area contributed by atoms with E-state index in [-0.39, 0.29) is 6.61 Å². The van der Waals surface area contributed by atoms with Crippen molar-refractivity contribution in [1.82, 2.24) is 9.55 Å². The van der Waals surface area contributed by atoms with Gasteiger partial charge in [0.15, 0.2) is 0 Å². The van der Waals surface area contributed by atoms with Crippen LogP contribution in [0.2, 0.25) is 0 Å². The molecule has 0 bridgehead atoms. The summed E-state index contributed by atoms with van der Waals surface area (Å²) < 4.78 is 1.69. The third kappa shape index (κ3) is 1.72. The molecule has 1 aliphatic carbocycles. The first-order valence-corrected chi connectivity index (χ1v) is 5.92. The Morgan fingerprint density at radius 1 is 1.47 bits per heavy atom. The summed E-state index contributed by atoms with van der Waals surface area (Å²) in [5.74, 6) is 0.992. The molecule has 8 heteroatoms. The third-order valence-electron chi connectivity index (χ3n) is 3.47. The van der Waals surface area contributed by atoms with Gasteiger partial charge >= 0.3 is 0 Å². The lowest BCUT2D eigenvalue weighted by Crippen LogP contribution is -2.31. The van der Waals surface area contributed by atoms with E-state index in [4.69, 9.17) is 10.8 Å². The molecule has 1 aliphatic heterocycles. The maximum atomic E-state index is 10.0. The summed E-state index contributed by atoms with van der Waals surface area (Å²) in [6.45, 7) is 0.0507. The van der Waals surface area contributed by atoms with Gasteiger partial charge in [-0.3, -0.25) is 0 Å². The molecule has 0 radical (unpaired) electrons. The molecular formula is C11H15N5O3. The van der Waals surface area contributed by atoms with E-state index < -0.39 is 18.2 Å². The minimum atomic E-state index is -1.07. The van der Waals surface area contributed by atoms with Crippen LogP contribution in [0.15, 0.2) is 23.0 Å². The number of nitrogens with one attached hydrogen (secondary N) is 1. The normalized spacial score (nSPS) is 29.5. The van der Waals surface area contributed by atoms with Crippen LogP contribution in [-0.2, 0) is 0 Å². The molecule has 0 spiro atoms. The number of amidine groups is 1. The van der Waals surface area contributed by atoms with Gasteiger partial charge in [0.25, 0.3) is 0 Å².